The molecule has 0 saturated heterocycles. The minimum atomic E-state index is -0.469. The van der Waals surface area contributed by atoms with Gasteiger partial charge in [0.05, 0.1) is 18.0 Å². The summed E-state index contributed by atoms with van der Waals surface area (Å²) in [5.41, 5.74) is 1.63. The van der Waals surface area contributed by atoms with Gasteiger partial charge in [0.2, 0.25) is 0 Å². The first kappa shape index (κ1) is 18.8. The van der Waals surface area contributed by atoms with Crippen LogP contribution in [0.25, 0.3) is 21.3 Å². The van der Waals surface area contributed by atoms with E-state index >= 15 is 0 Å². The van der Waals surface area contributed by atoms with Crippen LogP contribution >= 0.6 is 22.9 Å². The summed E-state index contributed by atoms with van der Waals surface area (Å²) in [5.74, 6) is 0.578. The monoisotopic (exact) mass is 389 g/mol. The van der Waals surface area contributed by atoms with Crippen LogP contribution in [0.3, 0.4) is 0 Å². The fourth-order valence-electron chi connectivity index (χ4n) is 2.88. The number of halogens is 1. The van der Waals surface area contributed by atoms with Crippen LogP contribution in [0.5, 0.6) is 0 Å². The Bertz CT molecular complexity index is 963. The number of thiophene rings is 1. The van der Waals surface area contributed by atoms with E-state index < -0.39 is 6.10 Å². The van der Waals surface area contributed by atoms with Crippen molar-refractivity contribution in [2.45, 2.75) is 19.6 Å². The van der Waals surface area contributed by atoms with Crippen molar-refractivity contribution in [3.05, 3.63) is 63.5 Å². The molecular weight excluding hydrogens is 370 g/mol. The molecule has 3 rings (SSSR count). The first-order valence-electron chi connectivity index (χ1n) is 8.25. The number of benzene rings is 1. The Hall–Kier alpha value is -1.99. The number of H-pyrrole nitrogens is 1. The molecule has 0 aliphatic heterocycles. The third-order valence-corrected chi connectivity index (χ3v) is 5.06. The van der Waals surface area contributed by atoms with E-state index in [-0.39, 0.29) is 5.56 Å². The van der Waals surface area contributed by atoms with Gasteiger partial charge in [-0.25, -0.2) is 4.98 Å². The van der Waals surface area contributed by atoms with Gasteiger partial charge in [-0.05, 0) is 24.6 Å². The first-order chi connectivity index (χ1) is 12.5. The Balaban J connectivity index is 1.95. The van der Waals surface area contributed by atoms with Gasteiger partial charge in [-0.2, -0.15) is 0 Å². The number of hydrogen-bond acceptors (Lipinski definition) is 5. The molecule has 2 heterocycles. The predicted molar refractivity (Wildman–Crippen MR) is 108 cm³/mol. The van der Waals surface area contributed by atoms with Gasteiger partial charge >= 0.3 is 0 Å². The van der Waals surface area contributed by atoms with E-state index in [1.165, 1.54) is 11.3 Å². The lowest BCUT2D eigenvalue weighted by molar-refractivity contribution is 0.128. The number of nitrogens with one attached hydrogen (secondary N) is 1. The molecule has 0 aliphatic carbocycles. The van der Waals surface area contributed by atoms with Crippen molar-refractivity contribution in [1.82, 2.24) is 14.9 Å². The van der Waals surface area contributed by atoms with E-state index in [0.717, 1.165) is 11.1 Å². The second-order valence-electron chi connectivity index (χ2n) is 6.18. The van der Waals surface area contributed by atoms with Crippen molar-refractivity contribution in [2.24, 2.45) is 0 Å². The van der Waals surface area contributed by atoms with Gasteiger partial charge in [-0.3, -0.25) is 9.69 Å². The molecule has 0 radical (unpaired) electrons. The Labute approximate surface area is 160 Å². The number of nitrogens with zero attached hydrogens (tertiary/aromatic N) is 2. The average molecular weight is 390 g/mol. The molecule has 1 unspecified atom stereocenters. The number of aromatic nitrogens is 2. The van der Waals surface area contributed by atoms with Gasteiger partial charge in [0.15, 0.2) is 0 Å². The zero-order valence-corrected chi connectivity index (χ0v) is 16.0. The molecule has 136 valence electrons. The standard InChI is InChI=1S/C19H20ClN3O2S/c1-3-8-23(9-12(2)24)10-16-21-18(25)17-15(11-26-19(17)22-16)13-4-6-14(20)7-5-13/h3-7,11-12,24H,1,8-10H2,2H3,(H,21,22,25). The summed E-state index contributed by atoms with van der Waals surface area (Å²) in [4.78, 5) is 22.8. The average Bonchev–Trinajstić information content (AvgIpc) is 2.99. The summed E-state index contributed by atoms with van der Waals surface area (Å²) in [6, 6.07) is 7.40. The summed E-state index contributed by atoms with van der Waals surface area (Å²) in [6.45, 7) is 6.99. The number of aromatic amines is 1. The van der Waals surface area contributed by atoms with Gasteiger partial charge in [0.1, 0.15) is 10.7 Å². The van der Waals surface area contributed by atoms with Crippen LogP contribution in [0, 0.1) is 0 Å². The van der Waals surface area contributed by atoms with E-state index in [1.54, 1.807) is 25.1 Å². The highest BCUT2D eigenvalue weighted by atomic mass is 35.5. The van der Waals surface area contributed by atoms with Crippen molar-refractivity contribution in [3.63, 3.8) is 0 Å². The van der Waals surface area contributed by atoms with E-state index in [4.69, 9.17) is 11.6 Å². The summed E-state index contributed by atoms with van der Waals surface area (Å²) in [6.07, 6.45) is 1.30. The fraction of sp³-hybridized carbons (Fsp3) is 0.263. The number of rotatable bonds is 7. The lowest BCUT2D eigenvalue weighted by atomic mass is 10.1. The van der Waals surface area contributed by atoms with Gasteiger partial charge < -0.3 is 10.1 Å². The molecule has 0 saturated carbocycles. The van der Waals surface area contributed by atoms with Crippen LogP contribution in [0.1, 0.15) is 12.7 Å². The minimum Gasteiger partial charge on any atom is -0.392 e. The third kappa shape index (κ3) is 4.22. The van der Waals surface area contributed by atoms with Gasteiger partial charge in [-0.1, -0.05) is 29.8 Å². The molecular formula is C19H20ClN3O2S. The molecule has 0 fully saturated rings. The second-order valence-corrected chi connectivity index (χ2v) is 7.48. The quantitative estimate of drug-likeness (QED) is 0.605. The molecule has 2 aromatic heterocycles. The molecule has 2 N–H and O–H groups in total. The molecule has 0 bridgehead atoms. The van der Waals surface area contributed by atoms with Crippen molar-refractivity contribution in [3.8, 4) is 11.1 Å². The van der Waals surface area contributed by atoms with Gasteiger partial charge in [-0.15, -0.1) is 17.9 Å². The molecule has 1 atom stereocenters. The number of aliphatic hydroxyl groups excluding tert-OH is 1. The van der Waals surface area contributed by atoms with Crippen LogP contribution in [0.15, 0.2) is 47.1 Å². The van der Waals surface area contributed by atoms with Gasteiger partial charge in [0.25, 0.3) is 5.56 Å². The van der Waals surface area contributed by atoms with Crippen molar-refractivity contribution in [2.75, 3.05) is 13.1 Å². The highest BCUT2D eigenvalue weighted by Crippen LogP contribution is 2.31. The van der Waals surface area contributed by atoms with Crippen LogP contribution in [0.4, 0.5) is 0 Å². The van der Waals surface area contributed by atoms with Crippen molar-refractivity contribution in [1.29, 1.82) is 0 Å². The molecule has 7 heteroatoms. The highest BCUT2D eigenvalue weighted by molar-refractivity contribution is 7.17. The largest absolute Gasteiger partial charge is 0.392 e. The molecule has 0 amide bonds. The maximum absolute atomic E-state index is 12.7. The normalized spacial score (nSPS) is 12.6. The molecule has 0 spiro atoms. The lowest BCUT2D eigenvalue weighted by Crippen LogP contribution is -2.32. The Morgan fingerprint density at radius 1 is 1.42 bits per heavy atom. The predicted octanol–water partition coefficient (Wildman–Crippen LogP) is 3.67. The SMILES string of the molecule is C=CCN(Cc1nc2scc(-c3ccc(Cl)cc3)c2c(=O)[nH]1)CC(C)O. The van der Waals surface area contributed by atoms with E-state index in [0.29, 0.717) is 40.7 Å². The zero-order chi connectivity index (χ0) is 18.7. The van der Waals surface area contributed by atoms with Crippen LogP contribution in [-0.2, 0) is 6.54 Å². The molecule has 3 aromatic rings. The Morgan fingerprint density at radius 2 is 2.15 bits per heavy atom. The molecule has 26 heavy (non-hydrogen) atoms. The summed E-state index contributed by atoms with van der Waals surface area (Å²) in [7, 11) is 0. The number of hydrogen-bond donors (Lipinski definition) is 2. The fourth-order valence-corrected chi connectivity index (χ4v) is 3.97. The number of fused-ring (bicyclic) bond motifs is 1. The maximum atomic E-state index is 12.7. The first-order valence-corrected chi connectivity index (χ1v) is 9.51. The molecule has 1 aromatic carbocycles. The second kappa shape index (κ2) is 8.14. The molecule has 0 aliphatic rings. The smallest absolute Gasteiger partial charge is 0.260 e. The Morgan fingerprint density at radius 3 is 2.81 bits per heavy atom. The topological polar surface area (TPSA) is 69.2 Å². The van der Waals surface area contributed by atoms with Gasteiger partial charge in [0, 0.05) is 29.1 Å². The maximum Gasteiger partial charge on any atom is 0.260 e. The third-order valence-electron chi connectivity index (χ3n) is 3.93. The van der Waals surface area contributed by atoms with Crippen LogP contribution in [0.2, 0.25) is 5.02 Å². The van der Waals surface area contributed by atoms with Crippen molar-refractivity contribution < 1.29 is 5.11 Å². The summed E-state index contributed by atoms with van der Waals surface area (Å²) in [5, 5.41) is 12.8. The lowest BCUT2D eigenvalue weighted by Gasteiger charge is -2.21. The minimum absolute atomic E-state index is 0.160. The van der Waals surface area contributed by atoms with Crippen LogP contribution < -0.4 is 5.56 Å². The zero-order valence-electron chi connectivity index (χ0n) is 14.4. The Kier molecular flexibility index (Phi) is 5.88. The number of aliphatic hydroxyl groups is 1. The highest BCUT2D eigenvalue weighted by Gasteiger charge is 2.15. The summed E-state index contributed by atoms with van der Waals surface area (Å²) >= 11 is 7.39. The molecule has 5 nitrogen and oxygen atoms in total. The van der Waals surface area contributed by atoms with Crippen molar-refractivity contribution >= 4 is 33.2 Å². The van der Waals surface area contributed by atoms with E-state index in [9.17, 15) is 9.90 Å². The van der Waals surface area contributed by atoms with E-state index in [2.05, 4.69) is 16.5 Å². The summed E-state index contributed by atoms with van der Waals surface area (Å²) < 4.78 is 0. The van der Waals surface area contributed by atoms with Crippen LogP contribution in [-0.4, -0.2) is 39.2 Å². The van der Waals surface area contributed by atoms with E-state index in [1.807, 2.05) is 22.4 Å².